The predicted molar refractivity (Wildman–Crippen MR) is 73.2 cm³/mol. The van der Waals surface area contributed by atoms with Gasteiger partial charge in [0.2, 0.25) is 0 Å². The average molecular weight is 246 g/mol. The van der Waals surface area contributed by atoms with Crippen molar-refractivity contribution in [2.75, 3.05) is 33.3 Å². The molecule has 2 aliphatic rings. The zero-order valence-electron chi connectivity index (χ0n) is 11.5. The number of fused-ring (bicyclic) bond motifs is 3. The van der Waals surface area contributed by atoms with Gasteiger partial charge in [0.1, 0.15) is 5.75 Å². The highest BCUT2D eigenvalue weighted by molar-refractivity contribution is 5.44. The van der Waals surface area contributed by atoms with Crippen molar-refractivity contribution >= 4 is 0 Å². The number of piperazine rings is 1. The third-order valence-electron chi connectivity index (χ3n) is 4.30. The Morgan fingerprint density at radius 3 is 3.00 bits per heavy atom. The molecule has 0 saturated carbocycles. The molecule has 0 spiro atoms. The van der Waals surface area contributed by atoms with E-state index in [4.69, 9.17) is 4.74 Å². The average Bonchev–Trinajstić information content (AvgIpc) is 2.38. The van der Waals surface area contributed by atoms with Gasteiger partial charge in [-0.05, 0) is 23.3 Å². The number of rotatable bonds is 1. The summed E-state index contributed by atoms with van der Waals surface area (Å²) < 4.78 is 5.38. The lowest BCUT2D eigenvalue weighted by atomic mass is 9.75. The highest BCUT2D eigenvalue weighted by Crippen LogP contribution is 2.41. The summed E-state index contributed by atoms with van der Waals surface area (Å²) in [5, 5.41) is 3.51. The number of hydrogen-bond donors (Lipinski definition) is 1. The van der Waals surface area contributed by atoms with E-state index >= 15 is 0 Å². The van der Waals surface area contributed by atoms with E-state index in [2.05, 4.69) is 42.3 Å². The SMILES string of the molecule is COc1ccc2c(c1)C(C)(C)CN1CCNCC21. The lowest BCUT2D eigenvalue weighted by Gasteiger charge is -2.47. The number of ether oxygens (including phenoxy) is 1. The van der Waals surface area contributed by atoms with Crippen molar-refractivity contribution < 1.29 is 4.74 Å². The summed E-state index contributed by atoms with van der Waals surface area (Å²) in [5.41, 5.74) is 3.13. The summed E-state index contributed by atoms with van der Waals surface area (Å²) in [4.78, 5) is 2.62. The van der Waals surface area contributed by atoms with Crippen LogP contribution in [0.1, 0.15) is 31.0 Å². The molecule has 3 nitrogen and oxygen atoms in total. The smallest absolute Gasteiger partial charge is 0.119 e. The molecule has 18 heavy (non-hydrogen) atoms. The van der Waals surface area contributed by atoms with Crippen LogP contribution in [0.4, 0.5) is 0 Å². The zero-order valence-corrected chi connectivity index (χ0v) is 11.5. The molecule has 1 N–H and O–H groups in total. The van der Waals surface area contributed by atoms with Crippen molar-refractivity contribution in [2.24, 2.45) is 0 Å². The van der Waals surface area contributed by atoms with Crippen LogP contribution in [-0.4, -0.2) is 38.2 Å². The molecule has 1 atom stereocenters. The van der Waals surface area contributed by atoms with Crippen molar-refractivity contribution in [1.29, 1.82) is 0 Å². The lowest BCUT2D eigenvalue weighted by Crippen LogP contribution is -2.53. The maximum atomic E-state index is 5.38. The van der Waals surface area contributed by atoms with E-state index in [1.165, 1.54) is 11.1 Å². The first-order valence-electron chi connectivity index (χ1n) is 6.75. The van der Waals surface area contributed by atoms with E-state index in [-0.39, 0.29) is 5.41 Å². The van der Waals surface area contributed by atoms with Crippen molar-refractivity contribution in [1.82, 2.24) is 10.2 Å². The van der Waals surface area contributed by atoms with Gasteiger partial charge in [-0.25, -0.2) is 0 Å². The van der Waals surface area contributed by atoms with Crippen LogP contribution in [0.2, 0.25) is 0 Å². The monoisotopic (exact) mass is 246 g/mol. The van der Waals surface area contributed by atoms with Gasteiger partial charge >= 0.3 is 0 Å². The molecule has 98 valence electrons. The summed E-state index contributed by atoms with van der Waals surface area (Å²) in [7, 11) is 1.74. The highest BCUT2D eigenvalue weighted by Gasteiger charge is 2.38. The Morgan fingerprint density at radius 1 is 1.39 bits per heavy atom. The second kappa shape index (κ2) is 4.25. The summed E-state index contributed by atoms with van der Waals surface area (Å²) in [6.45, 7) is 9.14. The van der Waals surface area contributed by atoms with Gasteiger partial charge in [-0.2, -0.15) is 0 Å². The van der Waals surface area contributed by atoms with Crippen LogP contribution in [0.3, 0.4) is 0 Å². The van der Waals surface area contributed by atoms with Crippen LogP contribution in [0.25, 0.3) is 0 Å². The van der Waals surface area contributed by atoms with Gasteiger partial charge in [-0.3, -0.25) is 4.90 Å². The van der Waals surface area contributed by atoms with E-state index < -0.39 is 0 Å². The Balaban J connectivity index is 2.08. The molecule has 1 aromatic carbocycles. The van der Waals surface area contributed by atoms with Crippen LogP contribution in [0.5, 0.6) is 5.75 Å². The van der Waals surface area contributed by atoms with Crippen molar-refractivity contribution in [2.45, 2.75) is 25.3 Å². The first kappa shape index (κ1) is 12.0. The van der Waals surface area contributed by atoms with Crippen molar-refractivity contribution in [3.05, 3.63) is 29.3 Å². The minimum atomic E-state index is 0.206. The standard InChI is InChI=1S/C15H22N2O/c1-15(2)10-17-7-6-16-9-14(17)12-5-4-11(18-3)8-13(12)15/h4-5,8,14,16H,6-7,9-10H2,1-3H3. The number of nitrogens with zero attached hydrogens (tertiary/aromatic N) is 1. The van der Waals surface area contributed by atoms with Crippen LogP contribution >= 0.6 is 0 Å². The van der Waals surface area contributed by atoms with Gasteiger partial charge in [0.15, 0.2) is 0 Å². The molecule has 2 aliphatic heterocycles. The molecule has 2 heterocycles. The normalized spacial score (nSPS) is 26.3. The fourth-order valence-electron chi connectivity index (χ4n) is 3.37. The first-order valence-corrected chi connectivity index (χ1v) is 6.75. The molecule has 3 rings (SSSR count). The molecular weight excluding hydrogens is 224 g/mol. The maximum Gasteiger partial charge on any atom is 0.119 e. The number of hydrogen-bond acceptors (Lipinski definition) is 3. The molecule has 0 radical (unpaired) electrons. The third-order valence-corrected chi connectivity index (χ3v) is 4.30. The Bertz CT molecular complexity index is 456. The first-order chi connectivity index (χ1) is 8.62. The summed E-state index contributed by atoms with van der Waals surface area (Å²) in [6, 6.07) is 7.10. The Morgan fingerprint density at radius 2 is 2.22 bits per heavy atom. The summed E-state index contributed by atoms with van der Waals surface area (Å²) >= 11 is 0. The molecule has 0 bridgehead atoms. The summed E-state index contributed by atoms with van der Waals surface area (Å²) in [5.74, 6) is 0.971. The maximum absolute atomic E-state index is 5.38. The molecule has 1 fully saturated rings. The Hall–Kier alpha value is -1.06. The minimum absolute atomic E-state index is 0.206. The minimum Gasteiger partial charge on any atom is -0.497 e. The molecule has 1 saturated heterocycles. The van der Waals surface area contributed by atoms with Crippen molar-refractivity contribution in [3.8, 4) is 5.75 Å². The second-order valence-corrected chi connectivity index (χ2v) is 6.03. The van der Waals surface area contributed by atoms with Gasteiger partial charge in [0, 0.05) is 37.6 Å². The van der Waals surface area contributed by atoms with Crippen LogP contribution in [0, 0.1) is 0 Å². The van der Waals surface area contributed by atoms with E-state index in [1.807, 2.05) is 0 Å². The Labute approximate surface area is 109 Å². The predicted octanol–water partition coefficient (Wildman–Crippen LogP) is 1.93. The number of benzene rings is 1. The van der Waals surface area contributed by atoms with Crippen LogP contribution in [0.15, 0.2) is 18.2 Å². The van der Waals surface area contributed by atoms with E-state index in [0.717, 1.165) is 31.9 Å². The molecule has 1 aromatic rings. The molecule has 0 aromatic heterocycles. The zero-order chi connectivity index (χ0) is 12.8. The van der Waals surface area contributed by atoms with Gasteiger partial charge in [0.25, 0.3) is 0 Å². The molecule has 1 unspecified atom stereocenters. The van der Waals surface area contributed by atoms with Gasteiger partial charge in [-0.1, -0.05) is 19.9 Å². The fourth-order valence-corrected chi connectivity index (χ4v) is 3.37. The number of nitrogens with one attached hydrogen (secondary N) is 1. The number of methoxy groups -OCH3 is 1. The third kappa shape index (κ3) is 1.82. The van der Waals surface area contributed by atoms with E-state index in [9.17, 15) is 0 Å². The van der Waals surface area contributed by atoms with E-state index in [0.29, 0.717) is 6.04 Å². The quantitative estimate of drug-likeness (QED) is 0.819. The molecular formula is C15H22N2O. The molecule has 3 heteroatoms. The van der Waals surface area contributed by atoms with Crippen LogP contribution in [-0.2, 0) is 5.41 Å². The van der Waals surface area contributed by atoms with E-state index in [1.54, 1.807) is 7.11 Å². The highest BCUT2D eigenvalue weighted by atomic mass is 16.5. The Kier molecular flexibility index (Phi) is 2.83. The molecule has 0 amide bonds. The fraction of sp³-hybridized carbons (Fsp3) is 0.600. The van der Waals surface area contributed by atoms with Gasteiger partial charge in [-0.15, -0.1) is 0 Å². The topological polar surface area (TPSA) is 24.5 Å². The van der Waals surface area contributed by atoms with Gasteiger partial charge < -0.3 is 10.1 Å². The lowest BCUT2D eigenvalue weighted by molar-refractivity contribution is 0.114. The van der Waals surface area contributed by atoms with Crippen molar-refractivity contribution in [3.63, 3.8) is 0 Å². The van der Waals surface area contributed by atoms with Gasteiger partial charge in [0.05, 0.1) is 7.11 Å². The second-order valence-electron chi connectivity index (χ2n) is 6.03. The summed E-state index contributed by atoms with van der Waals surface area (Å²) in [6.07, 6.45) is 0. The largest absolute Gasteiger partial charge is 0.497 e. The molecule has 0 aliphatic carbocycles. The van der Waals surface area contributed by atoms with Crippen LogP contribution < -0.4 is 10.1 Å².